The fraction of sp³-hybridized carbons (Fsp3) is 0.625. The predicted octanol–water partition coefficient (Wildman–Crippen LogP) is 1.95. The zero-order valence-corrected chi connectivity index (χ0v) is 12.4. The first-order valence-electron chi connectivity index (χ1n) is 7.86. The Morgan fingerprint density at radius 2 is 2.18 bits per heavy atom. The van der Waals surface area contributed by atoms with Crippen LogP contribution >= 0.6 is 0 Å². The van der Waals surface area contributed by atoms with Crippen molar-refractivity contribution in [1.82, 2.24) is 9.88 Å². The van der Waals surface area contributed by atoms with Crippen LogP contribution in [0.1, 0.15) is 42.5 Å². The van der Waals surface area contributed by atoms with Crippen molar-refractivity contribution in [2.45, 2.75) is 50.4 Å². The molecule has 22 heavy (non-hydrogen) atoms. The molecular weight excluding hydrogens is 287 g/mol. The SMILES string of the molecule is O=C(c1ccc(OC2CCCC2)nc1)N1C[C@@H](F)C[C@H]1CO. The van der Waals surface area contributed by atoms with Gasteiger partial charge in [0, 0.05) is 18.7 Å². The highest BCUT2D eigenvalue weighted by molar-refractivity contribution is 5.94. The molecule has 1 aliphatic heterocycles. The van der Waals surface area contributed by atoms with Crippen molar-refractivity contribution in [2.24, 2.45) is 0 Å². The normalized spacial score (nSPS) is 25.6. The number of aliphatic hydroxyl groups excluding tert-OH is 1. The van der Waals surface area contributed by atoms with Crippen LogP contribution in [0.5, 0.6) is 5.88 Å². The van der Waals surface area contributed by atoms with Gasteiger partial charge in [-0.2, -0.15) is 0 Å². The summed E-state index contributed by atoms with van der Waals surface area (Å²) < 4.78 is 19.2. The number of carbonyl (C=O) groups excluding carboxylic acids is 1. The molecule has 1 aliphatic carbocycles. The maximum atomic E-state index is 13.4. The fourth-order valence-electron chi connectivity index (χ4n) is 3.20. The molecule has 2 fully saturated rings. The van der Waals surface area contributed by atoms with Crippen molar-refractivity contribution in [3.8, 4) is 5.88 Å². The summed E-state index contributed by atoms with van der Waals surface area (Å²) in [6.07, 6.45) is 5.27. The highest BCUT2D eigenvalue weighted by atomic mass is 19.1. The summed E-state index contributed by atoms with van der Waals surface area (Å²) in [5.41, 5.74) is 0.395. The van der Waals surface area contributed by atoms with Crippen molar-refractivity contribution in [1.29, 1.82) is 0 Å². The van der Waals surface area contributed by atoms with E-state index in [1.807, 2.05) is 0 Å². The summed E-state index contributed by atoms with van der Waals surface area (Å²) in [4.78, 5) is 18.0. The molecule has 2 heterocycles. The molecule has 1 saturated carbocycles. The van der Waals surface area contributed by atoms with Crippen LogP contribution in [0.3, 0.4) is 0 Å². The van der Waals surface area contributed by atoms with Gasteiger partial charge in [0.1, 0.15) is 12.3 Å². The molecular formula is C16H21FN2O3. The number of alkyl halides is 1. The molecule has 0 radical (unpaired) electrons. The molecule has 1 saturated heterocycles. The number of halogens is 1. The molecule has 0 aromatic carbocycles. The number of nitrogens with zero attached hydrogens (tertiary/aromatic N) is 2. The van der Waals surface area contributed by atoms with E-state index in [-0.39, 0.29) is 31.6 Å². The minimum absolute atomic E-state index is 0.0321. The Bertz CT molecular complexity index is 517. The minimum Gasteiger partial charge on any atom is -0.474 e. The highest BCUT2D eigenvalue weighted by Crippen LogP contribution is 2.24. The third-order valence-corrected chi connectivity index (χ3v) is 4.41. The average Bonchev–Trinajstić information content (AvgIpc) is 3.16. The average molecular weight is 308 g/mol. The largest absolute Gasteiger partial charge is 0.474 e. The van der Waals surface area contributed by atoms with Crippen LogP contribution in [0.15, 0.2) is 18.3 Å². The Kier molecular flexibility index (Phi) is 4.57. The molecule has 0 unspecified atom stereocenters. The summed E-state index contributed by atoms with van der Waals surface area (Å²) in [6.45, 7) is -0.188. The van der Waals surface area contributed by atoms with Gasteiger partial charge in [-0.3, -0.25) is 4.79 Å². The second kappa shape index (κ2) is 6.60. The predicted molar refractivity (Wildman–Crippen MR) is 78.5 cm³/mol. The summed E-state index contributed by atoms with van der Waals surface area (Å²) in [7, 11) is 0. The second-order valence-corrected chi connectivity index (χ2v) is 6.04. The minimum atomic E-state index is -1.07. The van der Waals surface area contributed by atoms with E-state index < -0.39 is 12.2 Å². The molecule has 120 valence electrons. The Morgan fingerprint density at radius 3 is 2.82 bits per heavy atom. The highest BCUT2D eigenvalue weighted by Gasteiger charge is 2.35. The van der Waals surface area contributed by atoms with Gasteiger partial charge in [0.25, 0.3) is 5.91 Å². The van der Waals surface area contributed by atoms with E-state index >= 15 is 0 Å². The van der Waals surface area contributed by atoms with Crippen LogP contribution in [0.2, 0.25) is 0 Å². The van der Waals surface area contributed by atoms with E-state index in [9.17, 15) is 14.3 Å². The van der Waals surface area contributed by atoms with Crippen LogP contribution in [0.25, 0.3) is 0 Å². The van der Waals surface area contributed by atoms with Crippen LogP contribution < -0.4 is 4.74 Å². The van der Waals surface area contributed by atoms with Crippen LogP contribution in [0.4, 0.5) is 4.39 Å². The third-order valence-electron chi connectivity index (χ3n) is 4.41. The van der Waals surface area contributed by atoms with E-state index in [1.54, 1.807) is 12.1 Å². The molecule has 3 rings (SSSR count). The smallest absolute Gasteiger partial charge is 0.255 e. The third kappa shape index (κ3) is 3.21. The number of carbonyl (C=O) groups is 1. The van der Waals surface area contributed by atoms with Gasteiger partial charge in [0.15, 0.2) is 0 Å². The van der Waals surface area contributed by atoms with Gasteiger partial charge >= 0.3 is 0 Å². The number of aliphatic hydroxyl groups is 1. The number of rotatable bonds is 4. The van der Waals surface area contributed by atoms with Gasteiger partial charge in [0.05, 0.1) is 24.8 Å². The fourth-order valence-corrected chi connectivity index (χ4v) is 3.20. The lowest BCUT2D eigenvalue weighted by Crippen LogP contribution is -2.37. The number of ether oxygens (including phenoxy) is 1. The zero-order valence-electron chi connectivity index (χ0n) is 12.4. The van der Waals surface area contributed by atoms with Gasteiger partial charge in [-0.05, 0) is 31.7 Å². The van der Waals surface area contributed by atoms with E-state index in [4.69, 9.17) is 4.74 Å². The van der Waals surface area contributed by atoms with Crippen molar-refractivity contribution >= 4 is 5.91 Å². The first-order valence-corrected chi connectivity index (χ1v) is 7.86. The molecule has 6 heteroatoms. The molecule has 5 nitrogen and oxygen atoms in total. The number of likely N-dealkylation sites (tertiary alicyclic amines) is 1. The van der Waals surface area contributed by atoms with E-state index in [0.717, 1.165) is 12.8 Å². The van der Waals surface area contributed by atoms with Crippen LogP contribution in [-0.2, 0) is 0 Å². The molecule has 2 aliphatic rings. The number of aromatic nitrogens is 1. The first-order chi connectivity index (χ1) is 10.7. The topological polar surface area (TPSA) is 62.7 Å². The Hall–Kier alpha value is -1.69. The van der Waals surface area contributed by atoms with Crippen molar-refractivity contribution in [2.75, 3.05) is 13.2 Å². The number of hydrogen-bond donors (Lipinski definition) is 1. The van der Waals surface area contributed by atoms with Gasteiger partial charge in [-0.1, -0.05) is 0 Å². The number of pyridine rings is 1. The monoisotopic (exact) mass is 308 g/mol. The lowest BCUT2D eigenvalue weighted by Gasteiger charge is -2.22. The number of amides is 1. The van der Waals surface area contributed by atoms with Gasteiger partial charge < -0.3 is 14.7 Å². The summed E-state index contributed by atoms with van der Waals surface area (Å²) in [5.74, 6) is 0.228. The van der Waals surface area contributed by atoms with Crippen molar-refractivity contribution < 1.29 is 19.0 Å². The summed E-state index contributed by atoms with van der Waals surface area (Å²) in [5, 5.41) is 9.26. The van der Waals surface area contributed by atoms with Gasteiger partial charge in [-0.15, -0.1) is 0 Å². The Labute approximate surface area is 129 Å². The van der Waals surface area contributed by atoms with E-state index in [0.29, 0.717) is 11.4 Å². The Morgan fingerprint density at radius 1 is 1.41 bits per heavy atom. The number of hydrogen-bond acceptors (Lipinski definition) is 4. The van der Waals surface area contributed by atoms with Crippen molar-refractivity contribution in [3.63, 3.8) is 0 Å². The Balaban J connectivity index is 1.65. The molecule has 1 aromatic heterocycles. The summed E-state index contributed by atoms with van der Waals surface area (Å²) in [6, 6.07) is 2.89. The first kappa shape index (κ1) is 15.2. The van der Waals surface area contributed by atoms with Crippen molar-refractivity contribution in [3.05, 3.63) is 23.9 Å². The molecule has 1 aromatic rings. The van der Waals surface area contributed by atoms with E-state index in [1.165, 1.54) is 23.9 Å². The molecule has 0 bridgehead atoms. The van der Waals surface area contributed by atoms with E-state index in [2.05, 4.69) is 4.98 Å². The lowest BCUT2D eigenvalue weighted by atomic mass is 10.2. The maximum Gasteiger partial charge on any atom is 0.255 e. The maximum absolute atomic E-state index is 13.4. The lowest BCUT2D eigenvalue weighted by molar-refractivity contribution is 0.0672. The standard InChI is InChI=1S/C16H21FN2O3/c17-12-7-13(10-20)19(9-12)16(21)11-5-6-15(18-8-11)22-14-3-1-2-4-14/h5-6,8,12-14,20H,1-4,7,9-10H2/t12-,13-/m0/s1. The quantitative estimate of drug-likeness (QED) is 0.923. The van der Waals surface area contributed by atoms with Crippen LogP contribution in [-0.4, -0.2) is 52.4 Å². The molecule has 1 N–H and O–H groups in total. The van der Waals surface area contributed by atoms with Gasteiger partial charge in [-0.25, -0.2) is 9.37 Å². The molecule has 0 spiro atoms. The van der Waals surface area contributed by atoms with Gasteiger partial charge in [0.2, 0.25) is 5.88 Å². The molecule has 1 amide bonds. The molecule has 2 atom stereocenters. The van der Waals surface area contributed by atoms with Crippen LogP contribution in [0, 0.1) is 0 Å². The second-order valence-electron chi connectivity index (χ2n) is 6.04. The summed E-state index contributed by atoms with van der Waals surface area (Å²) >= 11 is 0. The zero-order chi connectivity index (χ0) is 15.5.